The molecule has 174 valence electrons. The third kappa shape index (κ3) is 6.20. The largest absolute Gasteiger partial charge is 0.508 e. The fraction of sp³-hybridized carbons (Fsp3) is 0.667. The van der Waals surface area contributed by atoms with Gasteiger partial charge in [0.15, 0.2) is 0 Å². The van der Waals surface area contributed by atoms with Crippen LogP contribution < -0.4 is 0 Å². The fourth-order valence-corrected chi connectivity index (χ4v) is 5.19. The van der Waals surface area contributed by atoms with Gasteiger partial charge < -0.3 is 25.5 Å². The van der Waals surface area contributed by atoms with E-state index in [2.05, 4.69) is 24.8 Å². The number of nitrogens with zero attached hydrogens (tertiary/aromatic N) is 2. The second kappa shape index (κ2) is 11.0. The Hall–Kier alpha value is -2.12. The molecule has 1 saturated heterocycles. The highest BCUT2D eigenvalue weighted by molar-refractivity contribution is 5.93. The number of carboxylic acids is 1. The molecule has 4 N–H and O–H groups in total. The monoisotopic (exact) mass is 434 g/mol. The molecule has 1 saturated carbocycles. The minimum atomic E-state index is -1.05. The Morgan fingerprint density at radius 3 is 2.55 bits per heavy atom. The molecule has 1 heterocycles. The van der Waals surface area contributed by atoms with Gasteiger partial charge in [-0.3, -0.25) is 9.59 Å². The van der Waals surface area contributed by atoms with Crippen molar-refractivity contribution in [2.24, 2.45) is 5.92 Å². The first kappa shape index (κ1) is 25.1. The van der Waals surface area contributed by atoms with Crippen molar-refractivity contribution in [2.45, 2.75) is 70.3 Å². The van der Waals surface area contributed by atoms with E-state index >= 15 is 0 Å². The van der Waals surface area contributed by atoms with E-state index in [0.29, 0.717) is 18.2 Å². The summed E-state index contributed by atoms with van der Waals surface area (Å²) in [6.07, 6.45) is 5.98. The Labute approximate surface area is 185 Å². The van der Waals surface area contributed by atoms with Gasteiger partial charge in [0.1, 0.15) is 12.2 Å². The predicted octanol–water partition coefficient (Wildman–Crippen LogP) is 2.80. The smallest absolute Gasteiger partial charge is 0.312 e. The predicted molar refractivity (Wildman–Crippen MR) is 120 cm³/mol. The second-order valence-corrected chi connectivity index (χ2v) is 9.37. The number of hydrogen-bond acceptors (Lipinski definition) is 4. The Balaban J connectivity index is 0.00000341. The maximum Gasteiger partial charge on any atom is 0.312 e. The van der Waals surface area contributed by atoms with Crippen molar-refractivity contribution < 1.29 is 25.3 Å². The first-order valence-electron chi connectivity index (χ1n) is 11.3. The molecule has 7 nitrogen and oxygen atoms in total. The first-order chi connectivity index (χ1) is 14.3. The lowest BCUT2D eigenvalue weighted by Crippen LogP contribution is -2.51. The number of piperidine rings is 1. The van der Waals surface area contributed by atoms with Gasteiger partial charge in [-0.05, 0) is 54.8 Å². The van der Waals surface area contributed by atoms with Crippen LogP contribution in [0.5, 0.6) is 5.75 Å². The van der Waals surface area contributed by atoms with Crippen molar-refractivity contribution in [2.75, 3.05) is 26.2 Å². The van der Waals surface area contributed by atoms with Gasteiger partial charge in [-0.1, -0.05) is 45.2 Å². The molecule has 1 aliphatic heterocycles. The molecule has 0 aromatic heterocycles. The number of benzene rings is 1. The van der Waals surface area contributed by atoms with Crippen molar-refractivity contribution in [3.05, 3.63) is 29.8 Å². The molecular formula is C24H38N2O5. The van der Waals surface area contributed by atoms with Gasteiger partial charge in [0.2, 0.25) is 5.91 Å². The molecule has 1 amide bonds. The summed E-state index contributed by atoms with van der Waals surface area (Å²) in [5.74, 6) is -0.576. The fourth-order valence-electron chi connectivity index (χ4n) is 5.19. The van der Waals surface area contributed by atoms with E-state index in [1.807, 2.05) is 17.0 Å². The minimum absolute atomic E-state index is 0. The molecule has 1 aromatic rings. The van der Waals surface area contributed by atoms with E-state index in [9.17, 15) is 14.7 Å². The maximum absolute atomic E-state index is 12.6. The van der Waals surface area contributed by atoms with Crippen LogP contribution in [0.4, 0.5) is 0 Å². The zero-order chi connectivity index (χ0) is 21.7. The van der Waals surface area contributed by atoms with Crippen molar-refractivity contribution in [1.29, 1.82) is 0 Å². The molecule has 7 heteroatoms. The van der Waals surface area contributed by atoms with E-state index < -0.39 is 12.4 Å². The number of carbonyl (C=O) groups excluding carboxylic acids is 1. The zero-order valence-electron chi connectivity index (χ0n) is 18.8. The summed E-state index contributed by atoms with van der Waals surface area (Å²) in [6, 6.07) is 7.78. The number of carboxylic acid groups (broad SMARTS) is 1. The molecule has 3 rings (SSSR count). The van der Waals surface area contributed by atoms with Crippen LogP contribution in [0, 0.1) is 5.92 Å². The van der Waals surface area contributed by atoms with Gasteiger partial charge in [-0.25, -0.2) is 0 Å². The quantitative estimate of drug-likeness (QED) is 0.641. The SMILES string of the molecule is C[C@H]1CN(CCN(C(=O)CC(=O)O)C2CCCCC2)CC[C@]1(C)c1cccc(O)c1.O. The molecule has 31 heavy (non-hydrogen) atoms. The van der Waals surface area contributed by atoms with E-state index in [-0.39, 0.29) is 22.8 Å². The van der Waals surface area contributed by atoms with Crippen LogP contribution in [0.2, 0.25) is 0 Å². The number of carbonyl (C=O) groups is 2. The average Bonchev–Trinajstić information content (AvgIpc) is 2.71. The highest BCUT2D eigenvalue weighted by Crippen LogP contribution is 2.40. The summed E-state index contributed by atoms with van der Waals surface area (Å²) in [5.41, 5.74) is 1.19. The lowest BCUT2D eigenvalue weighted by molar-refractivity contribution is -0.145. The van der Waals surface area contributed by atoms with Crippen molar-refractivity contribution >= 4 is 11.9 Å². The summed E-state index contributed by atoms with van der Waals surface area (Å²) >= 11 is 0. The van der Waals surface area contributed by atoms with E-state index in [1.54, 1.807) is 6.07 Å². The Kier molecular flexibility index (Phi) is 8.89. The van der Waals surface area contributed by atoms with Crippen molar-refractivity contribution in [1.82, 2.24) is 9.80 Å². The summed E-state index contributed by atoms with van der Waals surface area (Å²) in [4.78, 5) is 28.0. The third-order valence-electron chi connectivity index (χ3n) is 7.37. The van der Waals surface area contributed by atoms with Gasteiger partial charge in [-0.2, -0.15) is 0 Å². The lowest BCUT2D eigenvalue weighted by Gasteiger charge is -2.46. The second-order valence-electron chi connectivity index (χ2n) is 9.37. The molecule has 0 spiro atoms. The number of rotatable bonds is 7. The Morgan fingerprint density at radius 2 is 1.94 bits per heavy atom. The summed E-state index contributed by atoms with van der Waals surface area (Å²) in [7, 11) is 0. The average molecular weight is 435 g/mol. The molecule has 0 radical (unpaired) electrons. The third-order valence-corrected chi connectivity index (χ3v) is 7.37. The molecule has 0 unspecified atom stereocenters. The zero-order valence-corrected chi connectivity index (χ0v) is 18.8. The number of hydrogen-bond donors (Lipinski definition) is 2. The Bertz CT molecular complexity index is 749. The topological polar surface area (TPSA) is 113 Å². The number of likely N-dealkylation sites (tertiary alicyclic amines) is 1. The molecule has 2 fully saturated rings. The van der Waals surface area contributed by atoms with Gasteiger partial charge in [-0.15, -0.1) is 0 Å². The highest BCUT2D eigenvalue weighted by Gasteiger charge is 2.38. The van der Waals surface area contributed by atoms with Crippen LogP contribution in [-0.4, -0.2) is 69.6 Å². The van der Waals surface area contributed by atoms with Crippen LogP contribution >= 0.6 is 0 Å². The lowest BCUT2D eigenvalue weighted by atomic mass is 9.68. The number of phenols is 1. The Morgan fingerprint density at radius 1 is 1.23 bits per heavy atom. The summed E-state index contributed by atoms with van der Waals surface area (Å²) < 4.78 is 0. The van der Waals surface area contributed by atoms with Crippen LogP contribution in [0.25, 0.3) is 0 Å². The van der Waals surface area contributed by atoms with E-state index in [4.69, 9.17) is 5.11 Å². The standard InChI is InChI=1S/C24H36N2O4.H2O/c1-18-17-25(12-11-24(18,2)19-7-6-10-21(27)15-19)13-14-26(22(28)16-23(29)30)20-8-4-3-5-9-20;/h6-7,10,15,18,20,27H,3-5,8-9,11-14,16-17H2,1-2H3,(H,29,30);1H2/t18-,24-;/m0./s1. The van der Waals surface area contributed by atoms with Crippen molar-refractivity contribution in [3.8, 4) is 5.75 Å². The van der Waals surface area contributed by atoms with Gasteiger partial charge in [0.05, 0.1) is 0 Å². The molecule has 2 atom stereocenters. The molecular weight excluding hydrogens is 396 g/mol. The van der Waals surface area contributed by atoms with Gasteiger partial charge >= 0.3 is 5.97 Å². The molecule has 1 aliphatic carbocycles. The highest BCUT2D eigenvalue weighted by atomic mass is 16.4. The summed E-state index contributed by atoms with van der Waals surface area (Å²) in [6.45, 7) is 7.77. The number of amides is 1. The van der Waals surface area contributed by atoms with Gasteiger partial charge in [0, 0.05) is 25.7 Å². The number of aromatic hydroxyl groups is 1. The van der Waals surface area contributed by atoms with Crippen molar-refractivity contribution in [3.63, 3.8) is 0 Å². The number of aliphatic carboxylic acids is 1. The molecule has 1 aromatic carbocycles. The van der Waals surface area contributed by atoms with Crippen LogP contribution in [0.1, 0.15) is 64.4 Å². The van der Waals surface area contributed by atoms with Crippen LogP contribution in [0.3, 0.4) is 0 Å². The van der Waals surface area contributed by atoms with E-state index in [1.165, 1.54) is 12.0 Å². The normalized spacial score (nSPS) is 24.9. The van der Waals surface area contributed by atoms with Crippen LogP contribution in [-0.2, 0) is 15.0 Å². The maximum atomic E-state index is 12.6. The molecule has 0 bridgehead atoms. The first-order valence-corrected chi connectivity index (χ1v) is 11.3. The minimum Gasteiger partial charge on any atom is -0.508 e. The van der Waals surface area contributed by atoms with Gasteiger partial charge in [0.25, 0.3) is 0 Å². The number of phenolic OH excluding ortho intramolecular Hbond substituents is 1. The summed E-state index contributed by atoms with van der Waals surface area (Å²) in [5, 5.41) is 19.0. The van der Waals surface area contributed by atoms with E-state index in [0.717, 1.165) is 51.7 Å². The van der Waals surface area contributed by atoms with Crippen LogP contribution in [0.15, 0.2) is 24.3 Å². The molecule has 2 aliphatic rings.